The second kappa shape index (κ2) is 5.36. The van der Waals surface area contributed by atoms with Gasteiger partial charge in [-0.3, -0.25) is 0 Å². The predicted octanol–water partition coefficient (Wildman–Crippen LogP) is 1.62. The first-order valence-corrected chi connectivity index (χ1v) is 4.60. The van der Waals surface area contributed by atoms with Crippen molar-refractivity contribution in [2.45, 2.75) is 32.8 Å². The topological polar surface area (TPSA) is 46.0 Å². The van der Waals surface area contributed by atoms with Crippen molar-refractivity contribution in [1.29, 1.82) is 0 Å². The van der Waals surface area contributed by atoms with Gasteiger partial charge in [-0.15, -0.1) is 11.8 Å². The van der Waals surface area contributed by atoms with Gasteiger partial charge >= 0.3 is 0 Å². The lowest BCUT2D eigenvalue weighted by molar-refractivity contribution is 0.159. The van der Waals surface area contributed by atoms with Gasteiger partial charge in [0.05, 0.1) is 0 Å². The summed E-state index contributed by atoms with van der Waals surface area (Å²) in [5.74, 6) is 6.16. The third-order valence-corrected chi connectivity index (χ3v) is 1.82. The van der Waals surface area contributed by atoms with E-state index in [1.807, 2.05) is 6.92 Å². The van der Waals surface area contributed by atoms with Crippen molar-refractivity contribution < 1.29 is 5.11 Å². The van der Waals surface area contributed by atoms with Crippen LogP contribution in [0, 0.1) is 18.8 Å². The molecule has 14 heavy (non-hydrogen) atoms. The molecule has 1 aromatic heterocycles. The van der Waals surface area contributed by atoms with Crippen molar-refractivity contribution in [3.05, 3.63) is 23.8 Å². The van der Waals surface area contributed by atoms with Gasteiger partial charge in [0, 0.05) is 18.8 Å². The fraction of sp³-hybridized carbons (Fsp3) is 0.455. The summed E-state index contributed by atoms with van der Waals surface area (Å²) in [4.78, 5) is 8.10. The van der Waals surface area contributed by atoms with Gasteiger partial charge in [0.25, 0.3) is 0 Å². The highest BCUT2D eigenvalue weighted by Crippen LogP contribution is 2.12. The molecule has 0 fully saturated rings. The van der Waals surface area contributed by atoms with Gasteiger partial charge in [-0.25, -0.2) is 9.97 Å². The number of nitrogens with zero attached hydrogens (tertiary/aromatic N) is 2. The summed E-state index contributed by atoms with van der Waals surface area (Å²) in [6.45, 7) is 3.70. The van der Waals surface area contributed by atoms with Crippen LogP contribution in [-0.4, -0.2) is 15.1 Å². The van der Waals surface area contributed by atoms with Gasteiger partial charge in [0.2, 0.25) is 0 Å². The normalized spacial score (nSPS) is 11.6. The van der Waals surface area contributed by atoms with Crippen LogP contribution in [0.25, 0.3) is 0 Å². The zero-order chi connectivity index (χ0) is 10.4. The monoisotopic (exact) mass is 190 g/mol. The van der Waals surface area contributed by atoms with Gasteiger partial charge in [0.1, 0.15) is 6.10 Å². The molecule has 1 aromatic rings. The highest BCUT2D eigenvalue weighted by Gasteiger charge is 2.08. The summed E-state index contributed by atoms with van der Waals surface area (Å²) in [5.41, 5.74) is 0.995. The van der Waals surface area contributed by atoms with Crippen LogP contribution in [0.5, 0.6) is 0 Å². The minimum absolute atomic E-state index is 0.480. The lowest BCUT2D eigenvalue weighted by atomic mass is 10.2. The molecule has 0 aliphatic carbocycles. The van der Waals surface area contributed by atoms with E-state index in [0.29, 0.717) is 18.7 Å². The SMILES string of the molecule is CC#CCCC(O)c1ncc(C)cn1. The van der Waals surface area contributed by atoms with Crippen LogP contribution in [-0.2, 0) is 0 Å². The average molecular weight is 190 g/mol. The Morgan fingerprint density at radius 3 is 2.64 bits per heavy atom. The largest absolute Gasteiger partial charge is 0.385 e. The maximum atomic E-state index is 9.65. The van der Waals surface area contributed by atoms with Crippen LogP contribution in [0.4, 0.5) is 0 Å². The first-order chi connectivity index (χ1) is 6.74. The van der Waals surface area contributed by atoms with Gasteiger partial charge in [-0.1, -0.05) is 0 Å². The van der Waals surface area contributed by atoms with Crippen molar-refractivity contribution in [2.75, 3.05) is 0 Å². The summed E-state index contributed by atoms with van der Waals surface area (Å²) >= 11 is 0. The molecule has 1 rings (SSSR count). The molecule has 74 valence electrons. The Hall–Kier alpha value is -1.40. The van der Waals surface area contributed by atoms with Crippen molar-refractivity contribution in [3.63, 3.8) is 0 Å². The Morgan fingerprint density at radius 1 is 1.43 bits per heavy atom. The van der Waals surface area contributed by atoms with E-state index in [4.69, 9.17) is 0 Å². The molecule has 0 aliphatic rings. The molecular weight excluding hydrogens is 176 g/mol. The van der Waals surface area contributed by atoms with Crippen molar-refractivity contribution in [2.24, 2.45) is 0 Å². The molecule has 0 spiro atoms. The van der Waals surface area contributed by atoms with Crippen molar-refractivity contribution >= 4 is 0 Å². The van der Waals surface area contributed by atoms with E-state index in [1.54, 1.807) is 19.3 Å². The van der Waals surface area contributed by atoms with Crippen LogP contribution >= 0.6 is 0 Å². The van der Waals surface area contributed by atoms with E-state index >= 15 is 0 Å². The second-order valence-corrected chi connectivity index (χ2v) is 3.10. The van der Waals surface area contributed by atoms with Gasteiger partial charge < -0.3 is 5.11 Å². The van der Waals surface area contributed by atoms with Gasteiger partial charge in [-0.05, 0) is 25.8 Å². The molecule has 0 bridgehead atoms. The molecule has 0 aliphatic heterocycles. The number of aliphatic hydroxyl groups excluding tert-OH is 1. The molecular formula is C11H14N2O. The van der Waals surface area contributed by atoms with E-state index < -0.39 is 6.10 Å². The Balaban J connectivity index is 2.54. The highest BCUT2D eigenvalue weighted by molar-refractivity contribution is 5.04. The third kappa shape index (κ3) is 3.15. The molecule has 0 aromatic carbocycles. The van der Waals surface area contributed by atoms with E-state index in [9.17, 15) is 5.11 Å². The number of aryl methyl sites for hydroxylation is 1. The molecule has 1 atom stereocenters. The van der Waals surface area contributed by atoms with Crippen LogP contribution < -0.4 is 0 Å². The number of aliphatic hydroxyl groups is 1. The van der Waals surface area contributed by atoms with Crippen molar-refractivity contribution in [3.8, 4) is 11.8 Å². The summed E-state index contributed by atoms with van der Waals surface area (Å²) in [6, 6.07) is 0. The number of hydrogen-bond acceptors (Lipinski definition) is 3. The fourth-order valence-electron chi connectivity index (χ4n) is 1.04. The molecule has 0 radical (unpaired) electrons. The van der Waals surface area contributed by atoms with Crippen LogP contribution in [0.1, 0.15) is 37.3 Å². The van der Waals surface area contributed by atoms with Gasteiger partial charge in [0.15, 0.2) is 5.82 Å². The lowest BCUT2D eigenvalue weighted by Gasteiger charge is -2.06. The fourth-order valence-corrected chi connectivity index (χ4v) is 1.04. The van der Waals surface area contributed by atoms with Crippen LogP contribution in [0.3, 0.4) is 0 Å². The number of hydrogen-bond donors (Lipinski definition) is 1. The number of rotatable bonds is 3. The zero-order valence-corrected chi connectivity index (χ0v) is 8.49. The third-order valence-electron chi connectivity index (χ3n) is 1.82. The molecule has 3 nitrogen and oxygen atoms in total. The summed E-state index contributed by atoms with van der Waals surface area (Å²) < 4.78 is 0. The Morgan fingerprint density at radius 2 is 2.07 bits per heavy atom. The maximum absolute atomic E-state index is 9.65. The lowest BCUT2D eigenvalue weighted by Crippen LogP contribution is -2.03. The maximum Gasteiger partial charge on any atom is 0.156 e. The zero-order valence-electron chi connectivity index (χ0n) is 8.49. The molecule has 1 heterocycles. The highest BCUT2D eigenvalue weighted by atomic mass is 16.3. The summed E-state index contributed by atoms with van der Waals surface area (Å²) in [7, 11) is 0. The molecule has 1 N–H and O–H groups in total. The minimum atomic E-state index is -0.601. The summed E-state index contributed by atoms with van der Waals surface area (Å²) in [5, 5.41) is 9.65. The molecule has 0 saturated heterocycles. The number of aromatic nitrogens is 2. The van der Waals surface area contributed by atoms with E-state index in [-0.39, 0.29) is 0 Å². The van der Waals surface area contributed by atoms with E-state index in [1.165, 1.54) is 0 Å². The van der Waals surface area contributed by atoms with E-state index in [0.717, 1.165) is 5.56 Å². The van der Waals surface area contributed by atoms with Crippen LogP contribution in [0.15, 0.2) is 12.4 Å². The minimum Gasteiger partial charge on any atom is -0.385 e. The Bertz CT molecular complexity index is 335. The summed E-state index contributed by atoms with van der Waals surface area (Å²) in [6.07, 6.45) is 4.07. The smallest absolute Gasteiger partial charge is 0.156 e. The average Bonchev–Trinajstić information content (AvgIpc) is 2.19. The van der Waals surface area contributed by atoms with E-state index in [2.05, 4.69) is 21.8 Å². The quantitative estimate of drug-likeness (QED) is 0.737. The first-order valence-electron chi connectivity index (χ1n) is 4.60. The Kier molecular flexibility index (Phi) is 4.09. The molecule has 0 amide bonds. The Labute approximate surface area is 84.2 Å². The van der Waals surface area contributed by atoms with Gasteiger partial charge in [-0.2, -0.15) is 0 Å². The van der Waals surface area contributed by atoms with Crippen LogP contribution in [0.2, 0.25) is 0 Å². The molecule has 1 unspecified atom stereocenters. The second-order valence-electron chi connectivity index (χ2n) is 3.10. The predicted molar refractivity (Wildman–Crippen MR) is 54.4 cm³/mol. The standard InChI is InChI=1S/C11H14N2O/c1-3-4-5-6-10(14)11-12-7-9(2)8-13-11/h7-8,10,14H,5-6H2,1-2H3. The first kappa shape index (κ1) is 10.7. The molecule has 3 heteroatoms. The molecule has 0 saturated carbocycles. The van der Waals surface area contributed by atoms with Crippen molar-refractivity contribution in [1.82, 2.24) is 9.97 Å².